The molecule has 3 heterocycles. The van der Waals surface area contributed by atoms with Gasteiger partial charge in [-0.15, -0.1) is 0 Å². The van der Waals surface area contributed by atoms with Crippen molar-refractivity contribution in [1.82, 2.24) is 24.8 Å². The number of hydrogen-bond acceptors (Lipinski definition) is 5. The summed E-state index contributed by atoms with van der Waals surface area (Å²) in [4.78, 5) is 25.3. The SMILES string of the molecule is CC(C)C(C)CNCCN(C)c1nc(-n2c(=O)[nH]c3ncccc32)c(F)cc1Cl. The van der Waals surface area contributed by atoms with Crippen molar-refractivity contribution in [1.29, 1.82) is 0 Å². The second-order valence-corrected chi connectivity index (χ2v) is 7.99. The number of H-pyrrole nitrogens is 1. The van der Waals surface area contributed by atoms with Crippen LogP contribution in [0.1, 0.15) is 20.8 Å². The van der Waals surface area contributed by atoms with E-state index < -0.39 is 11.5 Å². The number of likely N-dealkylation sites (N-methyl/N-ethyl adjacent to an activating group) is 1. The summed E-state index contributed by atoms with van der Waals surface area (Å²) in [6.45, 7) is 8.88. The van der Waals surface area contributed by atoms with Crippen molar-refractivity contribution >= 4 is 28.6 Å². The summed E-state index contributed by atoms with van der Waals surface area (Å²) in [6.07, 6.45) is 1.56. The molecular weight excluding hydrogens is 395 g/mol. The minimum absolute atomic E-state index is 0.109. The minimum Gasteiger partial charge on any atom is -0.357 e. The molecule has 0 fully saturated rings. The van der Waals surface area contributed by atoms with Crippen molar-refractivity contribution in [3.63, 3.8) is 0 Å². The van der Waals surface area contributed by atoms with Gasteiger partial charge in [0.2, 0.25) is 0 Å². The smallest absolute Gasteiger partial charge is 0.333 e. The average molecular weight is 421 g/mol. The fraction of sp³-hybridized carbons (Fsp3) is 0.450. The fourth-order valence-electron chi connectivity index (χ4n) is 2.94. The van der Waals surface area contributed by atoms with Crippen molar-refractivity contribution in [3.05, 3.63) is 45.7 Å². The number of aromatic nitrogens is 4. The number of hydrogen-bond donors (Lipinski definition) is 2. The van der Waals surface area contributed by atoms with E-state index in [1.807, 2.05) is 11.9 Å². The maximum Gasteiger partial charge on any atom is 0.333 e. The van der Waals surface area contributed by atoms with Crippen LogP contribution in [0.2, 0.25) is 5.02 Å². The van der Waals surface area contributed by atoms with Gasteiger partial charge in [0.1, 0.15) is 5.82 Å². The molecule has 0 amide bonds. The zero-order chi connectivity index (χ0) is 21.1. The maximum atomic E-state index is 14.7. The number of anilines is 1. The molecule has 0 aliphatic rings. The van der Waals surface area contributed by atoms with Crippen molar-refractivity contribution in [2.24, 2.45) is 11.8 Å². The molecule has 156 valence electrons. The Morgan fingerprint density at radius 3 is 2.86 bits per heavy atom. The van der Waals surface area contributed by atoms with Crippen molar-refractivity contribution in [3.8, 4) is 5.82 Å². The summed E-state index contributed by atoms with van der Waals surface area (Å²) in [5.41, 5.74) is 0.307. The summed E-state index contributed by atoms with van der Waals surface area (Å²) >= 11 is 6.25. The number of halogens is 2. The van der Waals surface area contributed by atoms with Gasteiger partial charge in [0.25, 0.3) is 0 Å². The van der Waals surface area contributed by atoms with E-state index in [2.05, 4.69) is 41.0 Å². The number of nitrogens with one attached hydrogen (secondary N) is 2. The molecule has 0 saturated carbocycles. The van der Waals surface area contributed by atoms with Crippen LogP contribution in [-0.4, -0.2) is 46.2 Å². The van der Waals surface area contributed by atoms with Gasteiger partial charge in [-0.25, -0.2) is 23.7 Å². The molecule has 9 heteroatoms. The largest absolute Gasteiger partial charge is 0.357 e. The van der Waals surface area contributed by atoms with E-state index in [0.717, 1.165) is 13.1 Å². The highest BCUT2D eigenvalue weighted by Crippen LogP contribution is 2.27. The molecule has 0 bridgehead atoms. The molecule has 7 nitrogen and oxygen atoms in total. The molecule has 0 saturated heterocycles. The highest BCUT2D eigenvalue weighted by Gasteiger charge is 2.19. The normalized spacial score (nSPS) is 12.7. The predicted octanol–water partition coefficient (Wildman–Crippen LogP) is 3.22. The van der Waals surface area contributed by atoms with Crippen LogP contribution in [0.3, 0.4) is 0 Å². The standard InChI is InChI=1S/C20H26ClFN6O/c1-12(2)13(3)11-23-8-9-27(4)18-14(21)10-15(22)19(26-18)28-16-6-5-7-24-17(16)25-20(28)29/h5-7,10,12-13,23H,8-9,11H2,1-4H3,(H,24,25,29). The van der Waals surface area contributed by atoms with Crippen LogP contribution in [-0.2, 0) is 0 Å². The summed E-state index contributed by atoms with van der Waals surface area (Å²) in [5.74, 6) is 0.804. The molecule has 2 N–H and O–H groups in total. The summed E-state index contributed by atoms with van der Waals surface area (Å²) < 4.78 is 15.8. The molecule has 1 unspecified atom stereocenters. The minimum atomic E-state index is -0.678. The Morgan fingerprint density at radius 2 is 2.14 bits per heavy atom. The second-order valence-electron chi connectivity index (χ2n) is 7.58. The van der Waals surface area contributed by atoms with Gasteiger partial charge in [0.15, 0.2) is 17.3 Å². The summed E-state index contributed by atoms with van der Waals surface area (Å²) in [7, 11) is 1.84. The van der Waals surface area contributed by atoms with Gasteiger partial charge in [-0.2, -0.15) is 0 Å². The number of nitrogens with zero attached hydrogens (tertiary/aromatic N) is 4. The number of imidazole rings is 1. The molecule has 0 aliphatic heterocycles. The van der Waals surface area contributed by atoms with Gasteiger partial charge in [-0.3, -0.25) is 4.98 Å². The molecule has 0 spiro atoms. The molecular formula is C20H26ClFN6O. The molecule has 29 heavy (non-hydrogen) atoms. The second kappa shape index (κ2) is 8.92. The van der Waals surface area contributed by atoms with Crippen LogP contribution in [0.4, 0.5) is 10.2 Å². The van der Waals surface area contributed by atoms with Gasteiger partial charge in [0.05, 0.1) is 10.5 Å². The Balaban J connectivity index is 1.84. The number of rotatable bonds is 8. The van der Waals surface area contributed by atoms with Gasteiger partial charge in [-0.05, 0) is 30.5 Å². The van der Waals surface area contributed by atoms with E-state index in [4.69, 9.17) is 11.6 Å². The first-order chi connectivity index (χ1) is 13.8. The first kappa shape index (κ1) is 21.3. The zero-order valence-electron chi connectivity index (χ0n) is 17.0. The lowest BCUT2D eigenvalue weighted by atomic mass is 9.98. The van der Waals surface area contributed by atoms with Crippen molar-refractivity contribution < 1.29 is 4.39 Å². The Hall–Kier alpha value is -2.45. The molecule has 0 aromatic carbocycles. The molecule has 3 aromatic rings. The van der Waals surface area contributed by atoms with Gasteiger partial charge in [-0.1, -0.05) is 32.4 Å². The highest BCUT2D eigenvalue weighted by molar-refractivity contribution is 6.33. The lowest BCUT2D eigenvalue weighted by Crippen LogP contribution is -2.33. The predicted molar refractivity (Wildman–Crippen MR) is 115 cm³/mol. The van der Waals surface area contributed by atoms with E-state index in [-0.39, 0.29) is 10.8 Å². The monoisotopic (exact) mass is 420 g/mol. The van der Waals surface area contributed by atoms with E-state index in [9.17, 15) is 9.18 Å². The Kier molecular flexibility index (Phi) is 6.54. The van der Waals surface area contributed by atoms with E-state index in [1.165, 1.54) is 10.6 Å². The third kappa shape index (κ3) is 4.59. The number of aromatic amines is 1. The first-order valence-corrected chi connectivity index (χ1v) is 10.0. The molecule has 3 aromatic heterocycles. The van der Waals surface area contributed by atoms with Gasteiger partial charge < -0.3 is 10.2 Å². The topological polar surface area (TPSA) is 78.8 Å². The van der Waals surface area contributed by atoms with Gasteiger partial charge in [0, 0.05) is 32.4 Å². The fourth-order valence-corrected chi connectivity index (χ4v) is 3.22. The third-order valence-electron chi connectivity index (χ3n) is 5.15. The lowest BCUT2D eigenvalue weighted by Gasteiger charge is -2.22. The van der Waals surface area contributed by atoms with E-state index in [1.54, 1.807) is 18.3 Å². The highest BCUT2D eigenvalue weighted by atomic mass is 35.5. The Bertz CT molecular complexity index is 1050. The zero-order valence-corrected chi connectivity index (χ0v) is 17.8. The van der Waals surface area contributed by atoms with Crippen LogP contribution in [0.15, 0.2) is 29.2 Å². The van der Waals surface area contributed by atoms with Crippen LogP contribution in [0.25, 0.3) is 17.0 Å². The van der Waals surface area contributed by atoms with Crippen molar-refractivity contribution in [2.75, 3.05) is 31.6 Å². The summed E-state index contributed by atoms with van der Waals surface area (Å²) in [5, 5.41) is 3.61. The molecule has 0 aliphatic carbocycles. The first-order valence-electron chi connectivity index (χ1n) is 9.63. The van der Waals surface area contributed by atoms with Crippen LogP contribution in [0.5, 0.6) is 0 Å². The van der Waals surface area contributed by atoms with Crippen molar-refractivity contribution in [2.45, 2.75) is 20.8 Å². The van der Waals surface area contributed by atoms with E-state index in [0.29, 0.717) is 35.4 Å². The number of fused-ring (bicyclic) bond motifs is 1. The van der Waals surface area contributed by atoms with Gasteiger partial charge >= 0.3 is 5.69 Å². The van der Waals surface area contributed by atoms with Crippen LogP contribution in [0, 0.1) is 17.7 Å². The maximum absolute atomic E-state index is 14.7. The molecule has 0 radical (unpaired) electrons. The third-order valence-corrected chi connectivity index (χ3v) is 5.43. The molecule has 3 rings (SSSR count). The average Bonchev–Trinajstić information content (AvgIpc) is 3.00. The lowest BCUT2D eigenvalue weighted by molar-refractivity contribution is 0.395. The Labute approximate surface area is 173 Å². The number of pyridine rings is 2. The Morgan fingerprint density at radius 1 is 1.38 bits per heavy atom. The molecule has 1 atom stereocenters. The quantitative estimate of drug-likeness (QED) is 0.547. The van der Waals surface area contributed by atoms with Crippen LogP contribution < -0.4 is 15.9 Å². The van der Waals surface area contributed by atoms with Crippen LogP contribution >= 0.6 is 11.6 Å². The van der Waals surface area contributed by atoms with E-state index >= 15 is 0 Å². The summed E-state index contributed by atoms with van der Waals surface area (Å²) in [6, 6.07) is 4.54.